The molecular weight excluding hydrogens is 512 g/mol. The van der Waals surface area contributed by atoms with Gasteiger partial charge in [-0.05, 0) is 83.4 Å². The number of fused-ring (bicyclic) bond motifs is 1. The number of nitrogens with zero attached hydrogens (tertiary/aromatic N) is 3. The highest BCUT2D eigenvalue weighted by Gasteiger charge is 2.48. The minimum absolute atomic E-state index is 0.173. The number of likely N-dealkylation sites (N-methyl/N-ethyl adjacent to an activating group) is 1. The van der Waals surface area contributed by atoms with Gasteiger partial charge in [0.1, 0.15) is 0 Å². The van der Waals surface area contributed by atoms with E-state index in [0.717, 1.165) is 63.6 Å². The fourth-order valence-electron chi connectivity index (χ4n) is 5.66. The number of sulfonamides is 1. The number of amides is 1. The van der Waals surface area contributed by atoms with Crippen molar-refractivity contribution in [3.8, 4) is 11.3 Å². The molecule has 0 bridgehead atoms. The van der Waals surface area contributed by atoms with Crippen molar-refractivity contribution in [2.24, 2.45) is 0 Å². The summed E-state index contributed by atoms with van der Waals surface area (Å²) < 4.78 is 34.6. The van der Waals surface area contributed by atoms with E-state index in [1.807, 2.05) is 33.8 Å². The Bertz CT molecular complexity index is 1500. The molecule has 9 heteroatoms. The van der Waals surface area contributed by atoms with Crippen LogP contribution in [0.4, 0.5) is 5.69 Å². The van der Waals surface area contributed by atoms with Crippen molar-refractivity contribution >= 4 is 32.5 Å². The third-order valence-electron chi connectivity index (χ3n) is 8.78. The fraction of sp³-hybridized carbons (Fsp3) is 0.500. The number of ether oxygens (including phenoxy) is 1. The van der Waals surface area contributed by atoms with E-state index in [1.54, 1.807) is 17.0 Å². The smallest absolute Gasteiger partial charge is 0.243 e. The standard InChI is InChI=1S/C30H40N4O4S/c1-21-9-10-22-18-26(31-25(22)17-21)24-19-23(11-12-27(24)33-13-7-8-14-33)39(36,37)32(6)20-28(35)34-15-16-38-30(4,5)29(34,2)3/h9-12,17-19,31H,7-8,13-16,20H2,1-6H3. The fourth-order valence-corrected chi connectivity index (χ4v) is 6.81. The molecule has 3 aromatic rings. The number of H-pyrrole nitrogens is 1. The second-order valence-electron chi connectivity index (χ2n) is 11.9. The first kappa shape index (κ1) is 27.7. The summed E-state index contributed by atoms with van der Waals surface area (Å²) in [5.74, 6) is -0.234. The number of morpholine rings is 1. The zero-order chi connectivity index (χ0) is 28.2. The van der Waals surface area contributed by atoms with Gasteiger partial charge in [0.2, 0.25) is 15.9 Å². The van der Waals surface area contributed by atoms with Crippen LogP contribution in [-0.4, -0.2) is 79.5 Å². The summed E-state index contributed by atoms with van der Waals surface area (Å²) in [4.78, 5) is 21.1. The van der Waals surface area contributed by atoms with Crippen molar-refractivity contribution in [1.82, 2.24) is 14.2 Å². The molecule has 2 aromatic carbocycles. The molecule has 39 heavy (non-hydrogen) atoms. The van der Waals surface area contributed by atoms with Crippen LogP contribution in [0.25, 0.3) is 22.2 Å². The highest BCUT2D eigenvalue weighted by Crippen LogP contribution is 2.37. The van der Waals surface area contributed by atoms with Gasteiger partial charge in [0.05, 0.1) is 29.2 Å². The highest BCUT2D eigenvalue weighted by molar-refractivity contribution is 7.89. The van der Waals surface area contributed by atoms with Crippen LogP contribution in [0.15, 0.2) is 47.4 Å². The molecule has 0 aliphatic carbocycles. The van der Waals surface area contributed by atoms with Crippen LogP contribution in [-0.2, 0) is 19.6 Å². The topological polar surface area (TPSA) is 85.9 Å². The summed E-state index contributed by atoms with van der Waals surface area (Å²) in [6.07, 6.45) is 2.23. The predicted octanol–water partition coefficient (Wildman–Crippen LogP) is 4.78. The third-order valence-corrected chi connectivity index (χ3v) is 10.6. The molecule has 210 valence electrons. The van der Waals surface area contributed by atoms with Crippen LogP contribution in [0.1, 0.15) is 46.1 Å². The third kappa shape index (κ3) is 4.96. The van der Waals surface area contributed by atoms with E-state index < -0.39 is 21.2 Å². The first-order chi connectivity index (χ1) is 18.3. The maximum atomic E-state index is 13.8. The zero-order valence-electron chi connectivity index (χ0n) is 23.9. The van der Waals surface area contributed by atoms with Crippen LogP contribution < -0.4 is 4.90 Å². The average Bonchev–Trinajstić information content (AvgIpc) is 3.55. The lowest BCUT2D eigenvalue weighted by Gasteiger charge is -2.52. The summed E-state index contributed by atoms with van der Waals surface area (Å²) in [7, 11) is -2.45. The number of aryl methyl sites for hydroxylation is 1. The molecule has 3 heterocycles. The van der Waals surface area contributed by atoms with Gasteiger partial charge in [-0.25, -0.2) is 8.42 Å². The first-order valence-electron chi connectivity index (χ1n) is 13.7. The van der Waals surface area contributed by atoms with Gasteiger partial charge < -0.3 is 19.5 Å². The number of hydrogen-bond acceptors (Lipinski definition) is 5. The summed E-state index contributed by atoms with van der Waals surface area (Å²) in [5.41, 5.74) is 3.80. The number of benzene rings is 2. The van der Waals surface area contributed by atoms with Crippen molar-refractivity contribution in [3.05, 3.63) is 48.0 Å². The number of aromatic amines is 1. The molecule has 2 fully saturated rings. The predicted molar refractivity (Wildman–Crippen MR) is 156 cm³/mol. The van der Waals surface area contributed by atoms with Crippen LogP contribution in [0.5, 0.6) is 0 Å². The Morgan fingerprint density at radius 2 is 1.74 bits per heavy atom. The van der Waals surface area contributed by atoms with E-state index in [9.17, 15) is 13.2 Å². The molecule has 1 N–H and O–H groups in total. The van der Waals surface area contributed by atoms with Crippen molar-refractivity contribution in [1.29, 1.82) is 0 Å². The van der Waals surface area contributed by atoms with E-state index in [0.29, 0.717) is 13.2 Å². The Kier molecular flexibility index (Phi) is 7.06. The number of aromatic nitrogens is 1. The molecule has 2 aliphatic heterocycles. The normalized spacial score (nSPS) is 19.3. The van der Waals surface area contributed by atoms with E-state index >= 15 is 0 Å². The Hall–Kier alpha value is -2.88. The van der Waals surface area contributed by atoms with Gasteiger partial charge in [-0.15, -0.1) is 0 Å². The van der Waals surface area contributed by atoms with Gasteiger partial charge in [-0.3, -0.25) is 4.79 Å². The number of nitrogens with one attached hydrogen (secondary N) is 1. The van der Waals surface area contributed by atoms with E-state index in [-0.39, 0.29) is 17.3 Å². The molecular formula is C30H40N4O4S. The molecule has 2 aliphatic rings. The van der Waals surface area contributed by atoms with E-state index in [4.69, 9.17) is 4.74 Å². The Balaban J connectivity index is 1.48. The Morgan fingerprint density at radius 3 is 2.46 bits per heavy atom. The zero-order valence-corrected chi connectivity index (χ0v) is 24.7. The molecule has 0 spiro atoms. The van der Waals surface area contributed by atoms with Crippen LogP contribution in [0.2, 0.25) is 0 Å². The quantitative estimate of drug-likeness (QED) is 0.476. The van der Waals surface area contributed by atoms with Crippen LogP contribution >= 0.6 is 0 Å². The van der Waals surface area contributed by atoms with E-state index in [2.05, 4.69) is 41.1 Å². The maximum absolute atomic E-state index is 13.8. The maximum Gasteiger partial charge on any atom is 0.243 e. The Labute approximate surface area is 232 Å². The lowest BCUT2D eigenvalue weighted by Crippen LogP contribution is -2.66. The van der Waals surface area contributed by atoms with Gasteiger partial charge in [0.15, 0.2) is 0 Å². The molecule has 0 atom stereocenters. The van der Waals surface area contributed by atoms with Crippen molar-refractivity contribution in [3.63, 3.8) is 0 Å². The van der Waals surface area contributed by atoms with Gasteiger partial charge in [-0.2, -0.15) is 4.31 Å². The second-order valence-corrected chi connectivity index (χ2v) is 13.9. The summed E-state index contributed by atoms with van der Waals surface area (Å²) >= 11 is 0. The lowest BCUT2D eigenvalue weighted by atomic mass is 9.82. The van der Waals surface area contributed by atoms with Crippen LogP contribution in [0.3, 0.4) is 0 Å². The number of anilines is 1. The van der Waals surface area contributed by atoms with E-state index in [1.165, 1.54) is 7.05 Å². The summed E-state index contributed by atoms with van der Waals surface area (Å²) in [6.45, 7) is 12.4. The minimum Gasteiger partial charge on any atom is -0.371 e. The Morgan fingerprint density at radius 1 is 1.03 bits per heavy atom. The molecule has 2 saturated heterocycles. The number of carbonyl (C=O) groups is 1. The molecule has 0 saturated carbocycles. The monoisotopic (exact) mass is 552 g/mol. The van der Waals surface area contributed by atoms with Gasteiger partial charge in [0.25, 0.3) is 0 Å². The average molecular weight is 553 g/mol. The number of hydrogen-bond donors (Lipinski definition) is 1. The van der Waals surface area contributed by atoms with Gasteiger partial charge in [-0.1, -0.05) is 12.1 Å². The van der Waals surface area contributed by atoms with Gasteiger partial charge >= 0.3 is 0 Å². The molecule has 5 rings (SSSR count). The summed E-state index contributed by atoms with van der Waals surface area (Å²) in [5, 5.41) is 1.08. The molecule has 0 radical (unpaired) electrons. The molecule has 1 amide bonds. The van der Waals surface area contributed by atoms with Crippen molar-refractivity contribution in [2.75, 3.05) is 44.7 Å². The summed E-state index contributed by atoms with van der Waals surface area (Å²) in [6, 6.07) is 13.7. The minimum atomic E-state index is -3.92. The SMILES string of the molecule is Cc1ccc2cc(-c3cc(S(=O)(=O)N(C)CC(=O)N4CCOC(C)(C)C4(C)C)ccc3N3CCCC3)[nH]c2c1. The second kappa shape index (κ2) is 9.94. The lowest BCUT2D eigenvalue weighted by molar-refractivity contribution is -0.181. The largest absolute Gasteiger partial charge is 0.371 e. The van der Waals surface area contributed by atoms with Crippen molar-refractivity contribution in [2.45, 2.75) is 63.5 Å². The molecule has 0 unspecified atom stereocenters. The number of carbonyl (C=O) groups excluding carboxylic acids is 1. The first-order valence-corrected chi connectivity index (χ1v) is 15.1. The molecule has 1 aromatic heterocycles. The molecule has 8 nitrogen and oxygen atoms in total. The van der Waals surface area contributed by atoms with Crippen molar-refractivity contribution < 1.29 is 17.9 Å². The van der Waals surface area contributed by atoms with Gasteiger partial charge in [0, 0.05) is 54.5 Å². The van der Waals surface area contributed by atoms with Crippen LogP contribution in [0, 0.1) is 6.92 Å². The highest BCUT2D eigenvalue weighted by atomic mass is 32.2. The number of rotatable bonds is 6.